The molecule has 0 radical (unpaired) electrons. The second kappa shape index (κ2) is 9.23. The van der Waals surface area contributed by atoms with Crippen molar-refractivity contribution in [3.8, 4) is 11.5 Å². The molecule has 5 nitrogen and oxygen atoms in total. The predicted octanol–water partition coefficient (Wildman–Crippen LogP) is 1.70. The minimum Gasteiger partial charge on any atom is -0.493 e. The third-order valence-electron chi connectivity index (χ3n) is 3.45. The zero-order valence-electron chi connectivity index (χ0n) is 13.4. The molecule has 1 rings (SSSR count). The van der Waals surface area contributed by atoms with Crippen LogP contribution in [0.5, 0.6) is 11.5 Å². The number of carbonyl (C=O) groups is 1. The van der Waals surface area contributed by atoms with E-state index in [2.05, 4.69) is 24.1 Å². The Morgan fingerprint density at radius 1 is 1.14 bits per heavy atom. The SMILES string of the molecule is CCN(CC)CC(=O)NCCc1ccc(OC)c(OC)c1. The number of carbonyl (C=O) groups excluding carboxylic acids is 1. The van der Waals surface area contributed by atoms with Crippen molar-refractivity contribution in [3.05, 3.63) is 23.8 Å². The number of benzene rings is 1. The van der Waals surface area contributed by atoms with E-state index < -0.39 is 0 Å². The number of hydrogen-bond acceptors (Lipinski definition) is 4. The van der Waals surface area contributed by atoms with Crippen molar-refractivity contribution in [2.45, 2.75) is 20.3 Å². The van der Waals surface area contributed by atoms with Crippen LogP contribution in [0.15, 0.2) is 18.2 Å². The fourth-order valence-electron chi connectivity index (χ4n) is 2.09. The van der Waals surface area contributed by atoms with Crippen molar-refractivity contribution in [2.75, 3.05) is 40.4 Å². The molecule has 0 unspecified atom stereocenters. The highest BCUT2D eigenvalue weighted by Gasteiger charge is 2.07. The summed E-state index contributed by atoms with van der Waals surface area (Å²) in [6.45, 7) is 6.97. The summed E-state index contributed by atoms with van der Waals surface area (Å²) in [5.74, 6) is 1.50. The largest absolute Gasteiger partial charge is 0.493 e. The maximum atomic E-state index is 11.8. The van der Waals surface area contributed by atoms with Gasteiger partial charge in [0.05, 0.1) is 20.8 Å². The van der Waals surface area contributed by atoms with Gasteiger partial charge in [-0.25, -0.2) is 0 Å². The zero-order chi connectivity index (χ0) is 15.7. The van der Waals surface area contributed by atoms with Gasteiger partial charge in [0.25, 0.3) is 0 Å². The van der Waals surface area contributed by atoms with Gasteiger partial charge in [0.2, 0.25) is 5.91 Å². The van der Waals surface area contributed by atoms with Crippen molar-refractivity contribution in [3.63, 3.8) is 0 Å². The molecule has 0 heterocycles. The molecule has 0 aliphatic heterocycles. The van der Waals surface area contributed by atoms with Crippen LogP contribution in [0.1, 0.15) is 19.4 Å². The summed E-state index contributed by atoms with van der Waals surface area (Å²) in [4.78, 5) is 13.9. The Hall–Kier alpha value is -1.75. The van der Waals surface area contributed by atoms with Crippen LogP contribution in [-0.2, 0) is 11.2 Å². The third kappa shape index (κ3) is 5.63. The van der Waals surface area contributed by atoms with E-state index in [1.807, 2.05) is 18.2 Å². The molecule has 1 aromatic rings. The zero-order valence-corrected chi connectivity index (χ0v) is 13.4. The lowest BCUT2D eigenvalue weighted by molar-refractivity contribution is -0.122. The lowest BCUT2D eigenvalue weighted by Crippen LogP contribution is -2.37. The van der Waals surface area contributed by atoms with Gasteiger partial charge in [-0.1, -0.05) is 19.9 Å². The van der Waals surface area contributed by atoms with Gasteiger partial charge >= 0.3 is 0 Å². The van der Waals surface area contributed by atoms with E-state index in [9.17, 15) is 4.79 Å². The Kier molecular flexibility index (Phi) is 7.61. The summed E-state index contributed by atoms with van der Waals surface area (Å²) in [7, 11) is 3.23. The van der Waals surface area contributed by atoms with E-state index in [1.54, 1.807) is 14.2 Å². The fourth-order valence-corrected chi connectivity index (χ4v) is 2.09. The first-order chi connectivity index (χ1) is 10.1. The number of nitrogens with zero attached hydrogens (tertiary/aromatic N) is 1. The molecule has 118 valence electrons. The maximum absolute atomic E-state index is 11.8. The maximum Gasteiger partial charge on any atom is 0.234 e. The molecule has 0 aliphatic carbocycles. The lowest BCUT2D eigenvalue weighted by Gasteiger charge is -2.17. The summed E-state index contributed by atoms with van der Waals surface area (Å²) >= 11 is 0. The Bertz CT molecular complexity index is 445. The standard InChI is InChI=1S/C16H26N2O3/c1-5-18(6-2)12-16(19)17-10-9-13-7-8-14(20-3)15(11-13)21-4/h7-8,11H,5-6,9-10,12H2,1-4H3,(H,17,19). The number of rotatable bonds is 9. The van der Waals surface area contributed by atoms with Gasteiger partial charge in [0.15, 0.2) is 11.5 Å². The van der Waals surface area contributed by atoms with E-state index in [1.165, 1.54) is 0 Å². The molecule has 0 fully saturated rings. The normalized spacial score (nSPS) is 10.5. The summed E-state index contributed by atoms with van der Waals surface area (Å²) in [5, 5.41) is 2.94. The van der Waals surface area contributed by atoms with Gasteiger partial charge in [-0.15, -0.1) is 0 Å². The quantitative estimate of drug-likeness (QED) is 0.753. The molecule has 1 amide bonds. The van der Waals surface area contributed by atoms with Crippen LogP contribution in [-0.4, -0.2) is 51.2 Å². The molecule has 1 aromatic carbocycles. The van der Waals surface area contributed by atoms with Crippen molar-refractivity contribution < 1.29 is 14.3 Å². The van der Waals surface area contributed by atoms with Crippen LogP contribution in [0.4, 0.5) is 0 Å². The average molecular weight is 294 g/mol. The minimum absolute atomic E-state index is 0.0687. The Balaban J connectivity index is 2.43. The van der Waals surface area contributed by atoms with Crippen LogP contribution >= 0.6 is 0 Å². The topological polar surface area (TPSA) is 50.8 Å². The van der Waals surface area contributed by atoms with Crippen molar-refractivity contribution in [1.29, 1.82) is 0 Å². The van der Waals surface area contributed by atoms with Gasteiger partial charge in [-0.05, 0) is 37.2 Å². The van der Waals surface area contributed by atoms with Crippen molar-refractivity contribution in [1.82, 2.24) is 10.2 Å². The van der Waals surface area contributed by atoms with Gasteiger partial charge < -0.3 is 14.8 Å². The molecule has 0 saturated carbocycles. The van der Waals surface area contributed by atoms with Crippen molar-refractivity contribution >= 4 is 5.91 Å². The molecule has 0 aromatic heterocycles. The molecular weight excluding hydrogens is 268 g/mol. The molecule has 1 N–H and O–H groups in total. The number of nitrogens with one attached hydrogen (secondary N) is 1. The number of amides is 1. The van der Waals surface area contributed by atoms with Gasteiger partial charge in [-0.3, -0.25) is 9.69 Å². The minimum atomic E-state index is 0.0687. The van der Waals surface area contributed by atoms with Crippen LogP contribution in [0.25, 0.3) is 0 Å². The second-order valence-corrected chi connectivity index (χ2v) is 4.75. The predicted molar refractivity (Wildman–Crippen MR) is 84.0 cm³/mol. The Morgan fingerprint density at radius 2 is 1.81 bits per heavy atom. The molecular formula is C16H26N2O3. The van der Waals surface area contributed by atoms with Crippen LogP contribution < -0.4 is 14.8 Å². The van der Waals surface area contributed by atoms with Crippen LogP contribution in [0, 0.1) is 0 Å². The molecule has 0 atom stereocenters. The molecule has 0 saturated heterocycles. The number of methoxy groups -OCH3 is 2. The molecule has 0 aliphatic rings. The van der Waals surface area contributed by atoms with Gasteiger partial charge in [0.1, 0.15) is 0 Å². The summed E-state index contributed by atoms with van der Waals surface area (Å²) in [5.41, 5.74) is 1.11. The molecule has 0 spiro atoms. The number of likely N-dealkylation sites (N-methyl/N-ethyl adjacent to an activating group) is 1. The Morgan fingerprint density at radius 3 is 2.38 bits per heavy atom. The van der Waals surface area contributed by atoms with E-state index in [0.717, 1.165) is 25.1 Å². The summed E-state index contributed by atoms with van der Waals surface area (Å²) in [6, 6.07) is 5.80. The van der Waals surface area contributed by atoms with E-state index in [4.69, 9.17) is 9.47 Å². The number of ether oxygens (including phenoxy) is 2. The second-order valence-electron chi connectivity index (χ2n) is 4.75. The fraction of sp³-hybridized carbons (Fsp3) is 0.562. The first-order valence-corrected chi connectivity index (χ1v) is 7.34. The third-order valence-corrected chi connectivity index (χ3v) is 3.45. The monoisotopic (exact) mass is 294 g/mol. The average Bonchev–Trinajstić information content (AvgIpc) is 2.52. The first kappa shape index (κ1) is 17.3. The van der Waals surface area contributed by atoms with E-state index >= 15 is 0 Å². The van der Waals surface area contributed by atoms with Crippen LogP contribution in [0.2, 0.25) is 0 Å². The van der Waals surface area contributed by atoms with E-state index in [-0.39, 0.29) is 5.91 Å². The molecule has 21 heavy (non-hydrogen) atoms. The van der Waals surface area contributed by atoms with Crippen molar-refractivity contribution in [2.24, 2.45) is 0 Å². The highest BCUT2D eigenvalue weighted by Crippen LogP contribution is 2.27. The molecule has 5 heteroatoms. The van der Waals surface area contributed by atoms with E-state index in [0.29, 0.717) is 24.6 Å². The highest BCUT2D eigenvalue weighted by molar-refractivity contribution is 5.78. The smallest absolute Gasteiger partial charge is 0.234 e. The molecule has 0 bridgehead atoms. The Labute approximate surface area is 127 Å². The van der Waals surface area contributed by atoms with Gasteiger partial charge in [-0.2, -0.15) is 0 Å². The lowest BCUT2D eigenvalue weighted by atomic mass is 10.1. The van der Waals surface area contributed by atoms with Crippen LogP contribution in [0.3, 0.4) is 0 Å². The first-order valence-electron chi connectivity index (χ1n) is 7.34. The highest BCUT2D eigenvalue weighted by atomic mass is 16.5. The van der Waals surface area contributed by atoms with Gasteiger partial charge in [0, 0.05) is 6.54 Å². The number of hydrogen-bond donors (Lipinski definition) is 1. The summed E-state index contributed by atoms with van der Waals surface area (Å²) in [6.07, 6.45) is 0.768. The summed E-state index contributed by atoms with van der Waals surface area (Å²) < 4.78 is 10.5.